The molecule has 1 heterocycles. The highest BCUT2D eigenvalue weighted by molar-refractivity contribution is 6.31. The number of pyridine rings is 1. The Labute approximate surface area is 112 Å². The van der Waals surface area contributed by atoms with Gasteiger partial charge in [0.05, 0.1) is 13.2 Å². The van der Waals surface area contributed by atoms with Gasteiger partial charge in [-0.25, -0.2) is 4.98 Å². The molecule has 0 saturated carbocycles. The van der Waals surface area contributed by atoms with E-state index in [2.05, 4.69) is 4.98 Å². The highest BCUT2D eigenvalue weighted by Crippen LogP contribution is 2.22. The lowest BCUT2D eigenvalue weighted by Crippen LogP contribution is -2.09. The first kappa shape index (κ1) is 15.2. The van der Waals surface area contributed by atoms with Crippen LogP contribution in [0.15, 0.2) is 12.3 Å². The molecule has 6 heteroatoms. The van der Waals surface area contributed by atoms with Crippen LogP contribution in [0.25, 0.3) is 0 Å². The van der Waals surface area contributed by atoms with Crippen LogP contribution in [0.3, 0.4) is 0 Å². The molecule has 0 fully saturated rings. The van der Waals surface area contributed by atoms with Crippen molar-refractivity contribution in [3.05, 3.63) is 22.8 Å². The predicted octanol–water partition coefficient (Wildman–Crippen LogP) is 1.66. The van der Waals surface area contributed by atoms with E-state index in [4.69, 9.17) is 30.9 Å². The summed E-state index contributed by atoms with van der Waals surface area (Å²) in [6.07, 6.45) is 2.39. The van der Waals surface area contributed by atoms with Gasteiger partial charge in [-0.05, 0) is 18.1 Å². The second-order valence-electron chi connectivity index (χ2n) is 3.60. The number of halogens is 1. The van der Waals surface area contributed by atoms with E-state index >= 15 is 0 Å². The number of methoxy groups -OCH3 is 1. The summed E-state index contributed by atoms with van der Waals surface area (Å²) >= 11 is 5.93. The number of aromatic nitrogens is 1. The van der Waals surface area contributed by atoms with E-state index in [0.717, 1.165) is 6.42 Å². The van der Waals surface area contributed by atoms with E-state index in [0.29, 0.717) is 42.9 Å². The maximum atomic E-state index is 8.90. The fraction of sp³-hybridized carbons (Fsp3) is 0.583. The van der Waals surface area contributed by atoms with Crippen LogP contribution < -0.4 is 4.74 Å². The summed E-state index contributed by atoms with van der Waals surface area (Å²) < 4.78 is 15.6. The first-order valence-corrected chi connectivity index (χ1v) is 6.10. The third-order valence-electron chi connectivity index (χ3n) is 2.15. The quantitative estimate of drug-likeness (QED) is 0.695. The highest BCUT2D eigenvalue weighted by Gasteiger charge is 2.04. The van der Waals surface area contributed by atoms with Crippen molar-refractivity contribution in [3.8, 4) is 5.88 Å². The first-order chi connectivity index (χ1) is 8.77. The lowest BCUT2D eigenvalue weighted by Gasteiger charge is -2.08. The molecule has 0 aliphatic rings. The van der Waals surface area contributed by atoms with Crippen molar-refractivity contribution in [2.45, 2.75) is 13.0 Å². The molecule has 1 aromatic heterocycles. The number of ether oxygens (including phenoxy) is 3. The third-order valence-corrected chi connectivity index (χ3v) is 2.42. The van der Waals surface area contributed by atoms with Crippen molar-refractivity contribution >= 4 is 11.6 Å². The molecule has 5 nitrogen and oxygen atoms in total. The summed E-state index contributed by atoms with van der Waals surface area (Å²) in [5.41, 5.74) is 0.656. The van der Waals surface area contributed by atoms with Gasteiger partial charge in [-0.1, -0.05) is 11.6 Å². The second-order valence-corrected chi connectivity index (χ2v) is 4.00. The van der Waals surface area contributed by atoms with Crippen molar-refractivity contribution in [2.24, 2.45) is 0 Å². The van der Waals surface area contributed by atoms with Crippen LogP contribution >= 0.6 is 11.6 Å². The zero-order chi connectivity index (χ0) is 13.2. The van der Waals surface area contributed by atoms with Gasteiger partial charge in [0.2, 0.25) is 5.88 Å². The SMILES string of the molecule is COCCCOCCOc1ncc(CO)cc1Cl. The van der Waals surface area contributed by atoms with Gasteiger partial charge in [-0.15, -0.1) is 0 Å². The molecular formula is C12H18ClNO4. The van der Waals surface area contributed by atoms with Crippen molar-refractivity contribution in [1.29, 1.82) is 0 Å². The van der Waals surface area contributed by atoms with E-state index in [1.54, 1.807) is 13.2 Å². The Balaban J connectivity index is 2.19. The van der Waals surface area contributed by atoms with Gasteiger partial charge >= 0.3 is 0 Å². The maximum absolute atomic E-state index is 8.90. The van der Waals surface area contributed by atoms with Crippen molar-refractivity contribution in [3.63, 3.8) is 0 Å². The normalized spacial score (nSPS) is 10.6. The summed E-state index contributed by atoms with van der Waals surface area (Å²) in [7, 11) is 1.66. The van der Waals surface area contributed by atoms with E-state index < -0.39 is 0 Å². The molecule has 1 rings (SSSR count). The van der Waals surface area contributed by atoms with E-state index in [1.807, 2.05) is 0 Å². The fourth-order valence-corrected chi connectivity index (χ4v) is 1.51. The minimum atomic E-state index is -0.0877. The highest BCUT2D eigenvalue weighted by atomic mass is 35.5. The number of rotatable bonds is 9. The van der Waals surface area contributed by atoms with Gasteiger partial charge in [0.1, 0.15) is 11.6 Å². The van der Waals surface area contributed by atoms with Crippen LogP contribution in [0.4, 0.5) is 0 Å². The molecule has 0 atom stereocenters. The zero-order valence-corrected chi connectivity index (χ0v) is 11.2. The van der Waals surface area contributed by atoms with Gasteiger partial charge < -0.3 is 19.3 Å². The molecule has 0 aliphatic heterocycles. The number of aliphatic hydroxyl groups excluding tert-OH is 1. The summed E-state index contributed by atoms with van der Waals surface area (Å²) in [6, 6.07) is 1.63. The Hall–Kier alpha value is -0.880. The van der Waals surface area contributed by atoms with Gasteiger partial charge in [-0.3, -0.25) is 0 Å². The van der Waals surface area contributed by atoms with E-state index in [-0.39, 0.29) is 6.61 Å². The summed E-state index contributed by atoms with van der Waals surface area (Å²) in [4.78, 5) is 4.01. The van der Waals surface area contributed by atoms with Crippen molar-refractivity contribution < 1.29 is 19.3 Å². The molecule has 1 aromatic rings. The van der Waals surface area contributed by atoms with Crippen LogP contribution in [0.2, 0.25) is 5.02 Å². The van der Waals surface area contributed by atoms with Crippen molar-refractivity contribution in [1.82, 2.24) is 4.98 Å². The van der Waals surface area contributed by atoms with Crippen LogP contribution in [0.5, 0.6) is 5.88 Å². The zero-order valence-electron chi connectivity index (χ0n) is 10.4. The molecule has 0 bridgehead atoms. The fourth-order valence-electron chi connectivity index (χ4n) is 1.26. The molecule has 0 amide bonds. The van der Waals surface area contributed by atoms with Gasteiger partial charge in [-0.2, -0.15) is 0 Å². The molecular weight excluding hydrogens is 258 g/mol. The molecule has 1 N–H and O–H groups in total. The van der Waals surface area contributed by atoms with Gasteiger partial charge in [0.25, 0.3) is 0 Å². The lowest BCUT2D eigenvalue weighted by molar-refractivity contribution is 0.0795. The number of hydrogen-bond acceptors (Lipinski definition) is 5. The molecule has 0 unspecified atom stereocenters. The van der Waals surface area contributed by atoms with Crippen LogP contribution in [-0.2, 0) is 16.1 Å². The minimum absolute atomic E-state index is 0.0877. The molecule has 102 valence electrons. The van der Waals surface area contributed by atoms with Crippen LogP contribution in [-0.4, -0.2) is 43.6 Å². The Bertz CT molecular complexity index is 349. The smallest absolute Gasteiger partial charge is 0.232 e. The number of aliphatic hydroxyl groups is 1. The van der Waals surface area contributed by atoms with Gasteiger partial charge in [0, 0.05) is 26.5 Å². The Morgan fingerprint density at radius 3 is 2.78 bits per heavy atom. The predicted molar refractivity (Wildman–Crippen MR) is 68.0 cm³/mol. The van der Waals surface area contributed by atoms with Crippen LogP contribution in [0, 0.1) is 0 Å². The minimum Gasteiger partial charge on any atom is -0.474 e. The van der Waals surface area contributed by atoms with E-state index in [1.165, 1.54) is 6.20 Å². The van der Waals surface area contributed by atoms with E-state index in [9.17, 15) is 0 Å². The Kier molecular flexibility index (Phi) is 7.68. The molecule has 0 aromatic carbocycles. The molecule has 0 saturated heterocycles. The summed E-state index contributed by atoms with van der Waals surface area (Å²) in [5.74, 6) is 0.356. The average molecular weight is 276 g/mol. The lowest BCUT2D eigenvalue weighted by atomic mass is 10.3. The monoisotopic (exact) mass is 275 g/mol. The Morgan fingerprint density at radius 2 is 2.11 bits per heavy atom. The topological polar surface area (TPSA) is 60.8 Å². The number of hydrogen-bond donors (Lipinski definition) is 1. The van der Waals surface area contributed by atoms with Crippen LogP contribution in [0.1, 0.15) is 12.0 Å². The van der Waals surface area contributed by atoms with Gasteiger partial charge in [0.15, 0.2) is 0 Å². The Morgan fingerprint density at radius 1 is 1.28 bits per heavy atom. The third kappa shape index (κ3) is 5.64. The standard InChI is InChI=1S/C12H18ClNO4/c1-16-3-2-4-17-5-6-18-12-11(13)7-10(9-15)8-14-12/h7-8,15H,2-6,9H2,1H3. The molecule has 0 aliphatic carbocycles. The molecule has 18 heavy (non-hydrogen) atoms. The first-order valence-electron chi connectivity index (χ1n) is 5.72. The maximum Gasteiger partial charge on any atom is 0.232 e. The number of nitrogens with zero attached hydrogens (tertiary/aromatic N) is 1. The second kappa shape index (κ2) is 9.10. The summed E-state index contributed by atoms with van der Waals surface area (Å²) in [6.45, 7) is 2.11. The largest absolute Gasteiger partial charge is 0.474 e. The molecule has 0 spiro atoms. The summed E-state index contributed by atoms with van der Waals surface area (Å²) in [5, 5.41) is 9.29. The molecule has 0 radical (unpaired) electrons. The van der Waals surface area contributed by atoms with Crippen molar-refractivity contribution in [2.75, 3.05) is 33.5 Å². The average Bonchev–Trinajstić information content (AvgIpc) is 2.39.